The van der Waals surface area contributed by atoms with Crippen molar-refractivity contribution in [3.05, 3.63) is 52.9 Å². The Morgan fingerprint density at radius 1 is 1.22 bits per heavy atom. The zero-order valence-electron chi connectivity index (χ0n) is 21.4. The highest BCUT2D eigenvalue weighted by Gasteiger charge is 2.23. The summed E-state index contributed by atoms with van der Waals surface area (Å²) >= 11 is 2.65. The highest BCUT2D eigenvalue weighted by Crippen LogP contribution is 2.33. The van der Waals surface area contributed by atoms with Gasteiger partial charge in [-0.1, -0.05) is 17.8 Å². The van der Waals surface area contributed by atoms with E-state index in [0.29, 0.717) is 34.2 Å². The zero-order chi connectivity index (χ0) is 26.4. The van der Waals surface area contributed by atoms with E-state index in [1.807, 2.05) is 42.7 Å². The number of amides is 1. The third-order valence-corrected chi connectivity index (χ3v) is 8.29. The number of thiophene rings is 1. The molecule has 10 heteroatoms. The number of benzene rings is 1. The largest absolute Gasteiger partial charge is 0.490 e. The van der Waals surface area contributed by atoms with Gasteiger partial charge >= 0.3 is 5.97 Å². The Morgan fingerprint density at radius 3 is 2.62 bits per heavy atom. The highest BCUT2D eigenvalue weighted by molar-refractivity contribution is 7.99. The van der Waals surface area contributed by atoms with Gasteiger partial charge in [-0.05, 0) is 76.3 Å². The van der Waals surface area contributed by atoms with Gasteiger partial charge in [-0.25, -0.2) is 4.79 Å². The van der Waals surface area contributed by atoms with Gasteiger partial charge in [0.2, 0.25) is 5.91 Å². The van der Waals surface area contributed by atoms with E-state index in [2.05, 4.69) is 22.1 Å². The number of carbonyl (C=O) groups excluding carboxylic acids is 2. The maximum absolute atomic E-state index is 12.8. The van der Waals surface area contributed by atoms with Crippen molar-refractivity contribution >= 4 is 40.0 Å². The van der Waals surface area contributed by atoms with Crippen molar-refractivity contribution in [3.63, 3.8) is 0 Å². The number of aryl methyl sites for hydroxylation is 1. The van der Waals surface area contributed by atoms with Crippen molar-refractivity contribution in [1.29, 1.82) is 0 Å². The molecule has 3 aromatic rings. The van der Waals surface area contributed by atoms with Crippen molar-refractivity contribution in [3.8, 4) is 17.1 Å². The molecule has 0 bridgehead atoms. The first-order valence-corrected chi connectivity index (χ1v) is 14.2. The van der Waals surface area contributed by atoms with Crippen LogP contribution in [0, 0.1) is 13.8 Å². The Morgan fingerprint density at radius 2 is 1.95 bits per heavy atom. The molecule has 1 aromatic carbocycles. The first kappa shape index (κ1) is 26.9. The molecule has 0 aliphatic heterocycles. The molecule has 0 saturated heterocycles. The van der Waals surface area contributed by atoms with Crippen LogP contribution in [0.4, 0.5) is 5.00 Å². The Balaban J connectivity index is 1.44. The third-order valence-electron chi connectivity index (χ3n) is 6.20. The molecule has 0 spiro atoms. The van der Waals surface area contributed by atoms with Gasteiger partial charge in [0.05, 0.1) is 24.0 Å². The molecule has 2 aromatic heterocycles. The summed E-state index contributed by atoms with van der Waals surface area (Å²) in [6.45, 7) is 10.2. The zero-order valence-corrected chi connectivity index (χ0v) is 23.0. The number of allylic oxidation sites excluding steroid dienone is 1. The lowest BCUT2D eigenvalue weighted by atomic mass is 10.1. The van der Waals surface area contributed by atoms with Gasteiger partial charge in [-0.15, -0.1) is 28.1 Å². The van der Waals surface area contributed by atoms with Gasteiger partial charge in [0.15, 0.2) is 11.0 Å². The fourth-order valence-corrected chi connectivity index (χ4v) is 6.05. The maximum atomic E-state index is 12.8. The molecule has 0 unspecified atom stereocenters. The molecule has 37 heavy (non-hydrogen) atoms. The van der Waals surface area contributed by atoms with Gasteiger partial charge < -0.3 is 14.8 Å². The number of hydrogen-bond donors (Lipinski definition) is 1. The minimum absolute atomic E-state index is 0.113. The molecular formula is C27H32N4O4S2. The number of esters is 1. The predicted molar refractivity (Wildman–Crippen MR) is 148 cm³/mol. The first-order chi connectivity index (χ1) is 17.9. The highest BCUT2D eigenvalue weighted by atomic mass is 32.2. The lowest BCUT2D eigenvalue weighted by molar-refractivity contribution is -0.113. The van der Waals surface area contributed by atoms with E-state index in [9.17, 15) is 9.59 Å². The van der Waals surface area contributed by atoms with Crippen molar-refractivity contribution in [2.75, 3.05) is 17.7 Å². The molecule has 0 radical (unpaired) electrons. The topological polar surface area (TPSA) is 95.3 Å². The average molecular weight is 541 g/mol. The van der Waals surface area contributed by atoms with Gasteiger partial charge in [0.25, 0.3) is 0 Å². The number of carbonyl (C=O) groups is 2. The molecule has 1 aliphatic carbocycles. The number of rotatable bonds is 11. The Labute approximate surface area is 225 Å². The van der Waals surface area contributed by atoms with E-state index >= 15 is 0 Å². The number of aromatic nitrogens is 3. The smallest absolute Gasteiger partial charge is 0.341 e. The average Bonchev–Trinajstić information content (AvgIpc) is 3.59. The van der Waals surface area contributed by atoms with Crippen LogP contribution in [0.25, 0.3) is 11.4 Å². The van der Waals surface area contributed by atoms with Crippen LogP contribution in [0.2, 0.25) is 0 Å². The standard InChI is InChI=1S/C27H32N4O4S2/c1-5-15-31-24(19-11-13-21(14-12-19)35-20-9-7-8-10-20)29-30-27(31)36-16-22(32)28-25-23(26(33)34-6-2)17(3)18(4)37-25/h5,11-14,20H,1,6-10,15-16H2,2-4H3,(H,28,32). The molecule has 4 rings (SSSR count). The molecule has 8 nitrogen and oxygen atoms in total. The van der Waals surface area contributed by atoms with Crippen molar-refractivity contribution in [2.45, 2.75) is 64.3 Å². The van der Waals surface area contributed by atoms with Gasteiger partial charge in [0.1, 0.15) is 10.8 Å². The van der Waals surface area contributed by atoms with Gasteiger partial charge in [-0.2, -0.15) is 0 Å². The van der Waals surface area contributed by atoms with E-state index in [1.165, 1.54) is 35.9 Å². The Kier molecular flexibility index (Phi) is 9.04. The molecule has 1 fully saturated rings. The second kappa shape index (κ2) is 12.4. The van der Waals surface area contributed by atoms with Crippen LogP contribution >= 0.6 is 23.1 Å². The molecule has 1 amide bonds. The van der Waals surface area contributed by atoms with Gasteiger partial charge in [0, 0.05) is 17.0 Å². The number of thioether (sulfide) groups is 1. The molecule has 1 aliphatic rings. The number of nitrogens with zero attached hydrogens (tertiary/aromatic N) is 3. The lowest BCUT2D eigenvalue weighted by Gasteiger charge is -2.13. The number of nitrogens with one attached hydrogen (secondary N) is 1. The minimum atomic E-state index is -0.428. The fourth-order valence-electron chi connectivity index (χ4n) is 4.24. The summed E-state index contributed by atoms with van der Waals surface area (Å²) in [6.07, 6.45) is 6.76. The van der Waals surface area contributed by atoms with E-state index < -0.39 is 5.97 Å². The molecule has 1 saturated carbocycles. The van der Waals surface area contributed by atoms with Crippen LogP contribution in [-0.4, -0.2) is 45.1 Å². The normalized spacial score (nSPS) is 13.5. The summed E-state index contributed by atoms with van der Waals surface area (Å²) in [5, 5.41) is 12.7. The van der Waals surface area contributed by atoms with Crippen molar-refractivity contribution < 1.29 is 19.1 Å². The summed E-state index contributed by atoms with van der Waals surface area (Å²) < 4.78 is 13.2. The Bertz CT molecular complexity index is 1260. The summed E-state index contributed by atoms with van der Waals surface area (Å²) in [6, 6.07) is 7.89. The van der Waals surface area contributed by atoms with Crippen LogP contribution in [0.1, 0.15) is 53.4 Å². The van der Waals surface area contributed by atoms with E-state index in [1.54, 1.807) is 13.0 Å². The second-order valence-electron chi connectivity index (χ2n) is 8.80. The summed E-state index contributed by atoms with van der Waals surface area (Å²) in [4.78, 5) is 26.2. The summed E-state index contributed by atoms with van der Waals surface area (Å²) in [5.41, 5.74) is 2.15. The SMILES string of the molecule is C=CCn1c(SCC(=O)Nc2sc(C)c(C)c2C(=O)OCC)nnc1-c1ccc(OC2CCCC2)cc1. The summed E-state index contributed by atoms with van der Waals surface area (Å²) in [7, 11) is 0. The number of hydrogen-bond acceptors (Lipinski definition) is 8. The molecule has 1 N–H and O–H groups in total. The maximum Gasteiger partial charge on any atom is 0.341 e. The predicted octanol–water partition coefficient (Wildman–Crippen LogP) is 6.04. The van der Waals surface area contributed by atoms with E-state index in [4.69, 9.17) is 9.47 Å². The monoisotopic (exact) mass is 540 g/mol. The quantitative estimate of drug-likeness (QED) is 0.180. The van der Waals surface area contributed by atoms with Crippen LogP contribution < -0.4 is 10.1 Å². The Hall–Kier alpha value is -3.11. The fraction of sp³-hybridized carbons (Fsp3) is 0.407. The first-order valence-electron chi connectivity index (χ1n) is 12.4. The lowest BCUT2D eigenvalue weighted by Crippen LogP contribution is -2.17. The minimum Gasteiger partial charge on any atom is -0.490 e. The molecule has 2 heterocycles. The number of ether oxygens (including phenoxy) is 2. The van der Waals surface area contributed by atoms with Gasteiger partial charge in [-0.3, -0.25) is 9.36 Å². The third kappa shape index (κ3) is 6.42. The van der Waals surface area contributed by atoms with Crippen LogP contribution in [0.5, 0.6) is 5.75 Å². The van der Waals surface area contributed by atoms with Crippen LogP contribution in [0.3, 0.4) is 0 Å². The van der Waals surface area contributed by atoms with E-state index in [-0.39, 0.29) is 18.3 Å². The number of anilines is 1. The summed E-state index contributed by atoms with van der Waals surface area (Å²) in [5.74, 6) is 1.01. The molecular weight excluding hydrogens is 508 g/mol. The van der Waals surface area contributed by atoms with Crippen molar-refractivity contribution in [2.24, 2.45) is 0 Å². The molecule has 0 atom stereocenters. The van der Waals surface area contributed by atoms with Crippen LogP contribution in [0.15, 0.2) is 42.1 Å². The van der Waals surface area contributed by atoms with E-state index in [0.717, 1.165) is 34.6 Å². The van der Waals surface area contributed by atoms with Crippen LogP contribution in [-0.2, 0) is 16.1 Å². The molecule has 196 valence electrons. The second-order valence-corrected chi connectivity index (χ2v) is 11.0. The van der Waals surface area contributed by atoms with Crippen molar-refractivity contribution in [1.82, 2.24) is 14.8 Å².